The van der Waals surface area contributed by atoms with Gasteiger partial charge in [0, 0.05) is 24.7 Å². The van der Waals surface area contributed by atoms with Gasteiger partial charge in [-0.2, -0.15) is 0 Å². The van der Waals surface area contributed by atoms with E-state index in [1.54, 1.807) is 39.0 Å². The van der Waals surface area contributed by atoms with E-state index in [1.807, 2.05) is 6.92 Å². The summed E-state index contributed by atoms with van der Waals surface area (Å²) in [6, 6.07) is 4.80. The van der Waals surface area contributed by atoms with Crippen LogP contribution in [0.1, 0.15) is 93.4 Å². The van der Waals surface area contributed by atoms with E-state index < -0.39 is 14.8 Å². The Balaban J connectivity index is 1.55. The highest BCUT2D eigenvalue weighted by Crippen LogP contribution is 2.32. The highest BCUT2D eigenvalue weighted by atomic mass is 32.2. The molecule has 0 saturated heterocycles. The average molecular weight is 478 g/mol. The van der Waals surface area contributed by atoms with Gasteiger partial charge in [0.05, 0.1) is 15.9 Å². The van der Waals surface area contributed by atoms with Crippen molar-refractivity contribution in [2.24, 2.45) is 5.92 Å². The van der Waals surface area contributed by atoms with Crippen molar-refractivity contribution in [1.29, 1.82) is 0 Å². The van der Waals surface area contributed by atoms with Crippen molar-refractivity contribution in [3.63, 3.8) is 0 Å². The molecule has 8 nitrogen and oxygen atoms in total. The van der Waals surface area contributed by atoms with Gasteiger partial charge in [0.25, 0.3) is 11.8 Å². The van der Waals surface area contributed by atoms with E-state index in [1.165, 1.54) is 4.90 Å². The smallest absolute Gasteiger partial charge is 0.261 e. The maximum Gasteiger partial charge on any atom is 0.261 e. The second-order valence-corrected chi connectivity index (χ2v) is 12.7. The summed E-state index contributed by atoms with van der Waals surface area (Å²) in [4.78, 5) is 39.6. The third-order valence-corrected chi connectivity index (χ3v) is 8.61. The van der Waals surface area contributed by atoms with E-state index in [4.69, 9.17) is 0 Å². The zero-order valence-electron chi connectivity index (χ0n) is 19.9. The molecule has 1 unspecified atom stereocenters. The molecular formula is C24H35N3O5S. The molecule has 0 spiro atoms. The number of fused-ring (bicyclic) bond motifs is 1. The largest absolute Gasteiger partial charge is 0.326 e. The Bertz CT molecular complexity index is 1020. The topological polar surface area (TPSA) is 113 Å². The van der Waals surface area contributed by atoms with Gasteiger partial charge in [-0.1, -0.05) is 26.2 Å². The minimum Gasteiger partial charge on any atom is -0.326 e. The van der Waals surface area contributed by atoms with Crippen LogP contribution in [0.5, 0.6) is 0 Å². The van der Waals surface area contributed by atoms with E-state index in [0.29, 0.717) is 23.2 Å². The molecule has 1 aliphatic heterocycles. The molecule has 2 aliphatic rings. The van der Waals surface area contributed by atoms with Crippen molar-refractivity contribution in [1.82, 2.24) is 9.62 Å². The molecule has 3 amide bonds. The second kappa shape index (κ2) is 9.93. The summed E-state index contributed by atoms with van der Waals surface area (Å²) in [6.45, 7) is 7.05. The molecule has 1 aromatic rings. The number of benzene rings is 1. The normalized spacial score (nSPS) is 18.4. The molecule has 33 heavy (non-hydrogen) atoms. The number of anilines is 1. The van der Waals surface area contributed by atoms with Crippen molar-refractivity contribution in [3.8, 4) is 0 Å². The Kier molecular flexibility index (Phi) is 7.63. The van der Waals surface area contributed by atoms with Crippen LogP contribution in [-0.4, -0.2) is 48.4 Å². The molecule has 0 bridgehead atoms. The first-order valence-electron chi connectivity index (χ1n) is 11.7. The van der Waals surface area contributed by atoms with Gasteiger partial charge in [-0.25, -0.2) is 13.1 Å². The van der Waals surface area contributed by atoms with Crippen LogP contribution in [0.2, 0.25) is 0 Å². The molecule has 9 heteroatoms. The first-order valence-corrected chi connectivity index (χ1v) is 13.2. The number of hydrogen-bond acceptors (Lipinski definition) is 5. The Hall–Kier alpha value is -2.26. The molecule has 2 N–H and O–H groups in total. The van der Waals surface area contributed by atoms with Crippen LogP contribution < -0.4 is 10.0 Å². The number of hydrogen-bond donors (Lipinski definition) is 2. The van der Waals surface area contributed by atoms with Gasteiger partial charge in [-0.3, -0.25) is 19.3 Å². The summed E-state index contributed by atoms with van der Waals surface area (Å²) in [7, 11) is -3.41. The van der Waals surface area contributed by atoms with Crippen LogP contribution in [-0.2, 0) is 14.8 Å². The fourth-order valence-electron chi connectivity index (χ4n) is 4.29. The summed E-state index contributed by atoms with van der Waals surface area (Å²) in [5.74, 6) is -0.780. The minimum atomic E-state index is -3.41. The lowest BCUT2D eigenvalue weighted by molar-refractivity contribution is -0.117. The number of imide groups is 1. The molecule has 0 radical (unpaired) electrons. The summed E-state index contributed by atoms with van der Waals surface area (Å²) in [6.07, 6.45) is 5.62. The Morgan fingerprint density at radius 2 is 1.73 bits per heavy atom. The van der Waals surface area contributed by atoms with Crippen molar-refractivity contribution < 1.29 is 22.8 Å². The van der Waals surface area contributed by atoms with Crippen LogP contribution in [0, 0.1) is 5.92 Å². The number of rotatable bonds is 8. The Labute approximate surface area is 196 Å². The number of sulfonamides is 1. The van der Waals surface area contributed by atoms with Gasteiger partial charge in [0.1, 0.15) is 0 Å². The van der Waals surface area contributed by atoms with E-state index in [-0.39, 0.29) is 42.6 Å². The number of carbonyl (C=O) groups excluding carboxylic acids is 3. The van der Waals surface area contributed by atoms with Crippen LogP contribution in [0.15, 0.2) is 18.2 Å². The lowest BCUT2D eigenvalue weighted by Gasteiger charge is -2.29. The van der Waals surface area contributed by atoms with Crippen LogP contribution in [0.3, 0.4) is 0 Å². The summed E-state index contributed by atoms with van der Waals surface area (Å²) in [5, 5.41) is 2.80. The maximum absolute atomic E-state index is 12.9. The van der Waals surface area contributed by atoms with Crippen LogP contribution >= 0.6 is 0 Å². The van der Waals surface area contributed by atoms with Crippen molar-refractivity contribution in [2.75, 3.05) is 11.9 Å². The molecular weight excluding hydrogens is 442 g/mol. The maximum atomic E-state index is 12.9. The van der Waals surface area contributed by atoms with E-state index >= 15 is 0 Å². The van der Waals surface area contributed by atoms with Gasteiger partial charge < -0.3 is 5.32 Å². The predicted molar refractivity (Wildman–Crippen MR) is 128 cm³/mol. The quantitative estimate of drug-likeness (QED) is 0.555. The van der Waals surface area contributed by atoms with Crippen LogP contribution in [0.4, 0.5) is 5.69 Å². The summed E-state index contributed by atoms with van der Waals surface area (Å²) in [5.41, 5.74) is 1.21. The van der Waals surface area contributed by atoms with Gasteiger partial charge in [0.2, 0.25) is 15.9 Å². The van der Waals surface area contributed by atoms with Crippen molar-refractivity contribution in [2.45, 2.75) is 83.4 Å². The first kappa shape index (κ1) is 25.4. The van der Waals surface area contributed by atoms with Gasteiger partial charge in [-0.15, -0.1) is 0 Å². The molecule has 1 aromatic carbocycles. The van der Waals surface area contributed by atoms with Crippen LogP contribution in [0.25, 0.3) is 0 Å². The molecule has 182 valence electrons. The fourth-order valence-corrected chi connectivity index (χ4v) is 5.11. The second-order valence-electron chi connectivity index (χ2n) is 10.2. The molecule has 1 fully saturated rings. The number of nitrogens with one attached hydrogen (secondary N) is 2. The third-order valence-electron chi connectivity index (χ3n) is 6.41. The Morgan fingerprint density at radius 1 is 1.09 bits per heavy atom. The summed E-state index contributed by atoms with van der Waals surface area (Å²) >= 11 is 0. The summed E-state index contributed by atoms with van der Waals surface area (Å²) < 4.78 is 25.9. The van der Waals surface area contributed by atoms with Gasteiger partial charge in [0.15, 0.2) is 0 Å². The molecule has 1 heterocycles. The number of carbonyl (C=O) groups is 3. The lowest BCUT2D eigenvalue weighted by atomic mass is 9.94. The highest BCUT2D eigenvalue weighted by Gasteiger charge is 2.40. The molecule has 1 aliphatic carbocycles. The lowest BCUT2D eigenvalue weighted by Crippen LogP contribution is -2.40. The number of amides is 3. The molecule has 1 saturated carbocycles. The first-order chi connectivity index (χ1) is 15.4. The Morgan fingerprint density at radius 3 is 2.36 bits per heavy atom. The highest BCUT2D eigenvalue weighted by molar-refractivity contribution is 7.90. The standard InChI is InChI=1S/C24H35N3O5S/c1-16(12-13-25-33(31,32)24(2,3)4)14-21(28)26-17-10-11-19-20(15-17)23(30)27(22(19)29)18-8-6-5-7-9-18/h10-11,15-16,18,25H,5-9,12-14H2,1-4H3,(H,26,28). The average Bonchev–Trinajstić information content (AvgIpc) is 2.97. The van der Waals surface area contributed by atoms with E-state index in [9.17, 15) is 22.8 Å². The SMILES string of the molecule is CC(CCNS(=O)(=O)C(C)(C)C)CC(=O)Nc1ccc2c(c1)C(=O)N(C1CCCCC1)C2=O. The minimum absolute atomic E-state index is 0.0351. The predicted octanol–water partition coefficient (Wildman–Crippen LogP) is 3.69. The fraction of sp³-hybridized carbons (Fsp3) is 0.625. The van der Waals surface area contributed by atoms with Gasteiger partial charge in [-0.05, 0) is 64.2 Å². The zero-order valence-corrected chi connectivity index (χ0v) is 20.8. The monoisotopic (exact) mass is 477 g/mol. The van der Waals surface area contributed by atoms with E-state index in [0.717, 1.165) is 32.1 Å². The molecule has 0 aromatic heterocycles. The third kappa shape index (κ3) is 5.81. The van der Waals surface area contributed by atoms with Crippen molar-refractivity contribution >= 4 is 33.4 Å². The van der Waals surface area contributed by atoms with E-state index in [2.05, 4.69) is 10.0 Å². The van der Waals surface area contributed by atoms with Crippen molar-refractivity contribution in [3.05, 3.63) is 29.3 Å². The zero-order chi connectivity index (χ0) is 24.4. The number of nitrogens with zero attached hydrogens (tertiary/aromatic N) is 1. The van der Waals surface area contributed by atoms with Gasteiger partial charge >= 0.3 is 0 Å². The molecule has 1 atom stereocenters. The molecule has 3 rings (SSSR count).